The molecule has 4 aliphatic carbocycles. The molecule has 5 aliphatic rings. The van der Waals surface area contributed by atoms with Gasteiger partial charge in [0.1, 0.15) is 23.3 Å². The second-order valence-corrected chi connectivity index (χ2v) is 37.2. The molecule has 5 amide bonds. The maximum atomic E-state index is 12.8. The molecular weight excluding hydrogens is 1810 g/mol. The van der Waals surface area contributed by atoms with E-state index in [9.17, 15) is 22.8 Å². The SMILES string of the molecule is CC(C)(C)NC(=O)NCCNc1nccc(-c2[nH]c(C3CC3)nc2-c2ccccc2Cl)n1.CNc1nccc(-c2[nH]c(C3CC3)nc2-c2cccc(NC(=O)Cc3ccc(Cl)cc3)c2)n1.CNc1nccc(-c2[nH]c(C3CC3)nc2-c2cccc(NS(=O)(=O)Cc3ccc(Cl)c(Cl)c3)c2)n1.O=C1NCCN1CCNc1nccc(-c2[nH]c(C3CC3)nc2-c2cc(Cl)ccc2Cl)n1. The van der Waals surface area contributed by atoms with Crippen molar-refractivity contribution in [2.75, 3.05) is 84.7 Å². The van der Waals surface area contributed by atoms with E-state index in [-0.39, 0.29) is 35.7 Å². The fourth-order valence-electron chi connectivity index (χ4n) is 14.3. The zero-order valence-electron chi connectivity index (χ0n) is 72.0. The van der Waals surface area contributed by atoms with E-state index in [0.29, 0.717) is 151 Å². The van der Waals surface area contributed by atoms with Crippen molar-refractivity contribution in [3.63, 3.8) is 0 Å². The van der Waals surface area contributed by atoms with Crippen LogP contribution in [0.3, 0.4) is 0 Å². The van der Waals surface area contributed by atoms with Gasteiger partial charge in [0, 0.05) is 151 Å². The number of rotatable bonds is 29. The number of aromatic amines is 4. The molecule has 5 fully saturated rings. The van der Waals surface area contributed by atoms with E-state index in [1.165, 1.54) is 0 Å². The zero-order chi connectivity index (χ0) is 91.5. The van der Waals surface area contributed by atoms with Crippen LogP contribution in [-0.4, -0.2) is 170 Å². The third-order valence-corrected chi connectivity index (χ3v) is 24.5. The number of urea groups is 2. The Morgan fingerprint density at radius 2 is 0.916 bits per heavy atom. The number of hydrogen-bond acceptors (Lipinski definition) is 21. The number of nitrogens with zero attached hydrogens (tertiary/aromatic N) is 13. The number of aromatic nitrogens is 16. The summed E-state index contributed by atoms with van der Waals surface area (Å²) in [5, 5.41) is 26.9. The summed E-state index contributed by atoms with van der Waals surface area (Å²) in [6.45, 7) is 9.28. The summed E-state index contributed by atoms with van der Waals surface area (Å²) >= 11 is 37.1. The lowest BCUT2D eigenvalue weighted by Crippen LogP contribution is -2.47. The minimum absolute atomic E-state index is 0.0374. The fraction of sp³-hybridized carbons (Fsp3) is 0.280. The molecule has 14 aromatic rings. The van der Waals surface area contributed by atoms with Gasteiger partial charge in [-0.25, -0.2) is 77.8 Å². The Bertz CT molecular complexity index is 6590. The molecular formula is C93H94Cl6N26O5S. The minimum atomic E-state index is -3.69. The highest BCUT2D eigenvalue weighted by molar-refractivity contribution is 7.91. The second-order valence-electron chi connectivity index (χ2n) is 33.0. The van der Waals surface area contributed by atoms with Crippen LogP contribution in [0.2, 0.25) is 30.1 Å². The molecule has 9 heterocycles. The number of carbonyl (C=O) groups excluding carboxylic acids is 3. The molecule has 19 rings (SSSR count). The first kappa shape index (κ1) is 91.5. The Hall–Kier alpha value is -12.8. The molecule has 1 aliphatic heterocycles. The van der Waals surface area contributed by atoms with Gasteiger partial charge in [0.15, 0.2) is 0 Å². The largest absolute Gasteiger partial charge is 0.357 e. The van der Waals surface area contributed by atoms with Crippen molar-refractivity contribution in [2.24, 2.45) is 0 Å². The first-order valence-corrected chi connectivity index (χ1v) is 46.8. The van der Waals surface area contributed by atoms with Gasteiger partial charge in [-0.3, -0.25) is 9.52 Å². The quantitative estimate of drug-likeness (QED) is 0.0194. The van der Waals surface area contributed by atoms with Gasteiger partial charge in [-0.05, 0) is 180 Å². The summed E-state index contributed by atoms with van der Waals surface area (Å²) in [5.41, 5.74) is 14.8. The van der Waals surface area contributed by atoms with Crippen LogP contribution in [0.25, 0.3) is 90.6 Å². The highest BCUT2D eigenvalue weighted by atomic mass is 35.5. The van der Waals surface area contributed by atoms with Crippen molar-refractivity contribution in [1.82, 2.24) is 101 Å². The highest BCUT2D eigenvalue weighted by Gasteiger charge is 2.34. The Labute approximate surface area is 786 Å². The minimum Gasteiger partial charge on any atom is -0.357 e. The predicted octanol–water partition coefficient (Wildman–Crippen LogP) is 19.7. The number of carbonyl (C=O) groups is 3. The number of anilines is 6. The average Bonchev–Trinajstić information content (AvgIpc) is 1.62. The highest BCUT2D eigenvalue weighted by Crippen LogP contribution is 2.47. The van der Waals surface area contributed by atoms with Gasteiger partial charge in [0.2, 0.25) is 39.7 Å². The summed E-state index contributed by atoms with van der Waals surface area (Å²) < 4.78 is 28.3. The molecule has 0 bridgehead atoms. The molecule has 13 N–H and O–H groups in total. The first-order valence-electron chi connectivity index (χ1n) is 42.8. The number of imidazole rings is 4. The summed E-state index contributed by atoms with van der Waals surface area (Å²) in [7, 11) is -0.144. The van der Waals surface area contributed by atoms with Crippen LogP contribution in [0, 0.1) is 0 Å². The number of benzene rings is 6. The Balaban J connectivity index is 0.000000128. The van der Waals surface area contributed by atoms with Crippen LogP contribution in [-0.2, 0) is 27.0 Å². The summed E-state index contributed by atoms with van der Waals surface area (Å²) in [6, 6.07) is 47.1. The molecule has 0 unspecified atom stereocenters. The maximum absolute atomic E-state index is 12.8. The third kappa shape index (κ3) is 24.4. The Morgan fingerprint density at radius 3 is 1.42 bits per heavy atom. The van der Waals surface area contributed by atoms with Crippen LogP contribution in [0.15, 0.2) is 183 Å². The zero-order valence-corrected chi connectivity index (χ0v) is 77.3. The topological polar surface area (TPSA) is 415 Å². The number of amides is 5. The molecule has 131 heavy (non-hydrogen) atoms. The fourth-order valence-corrected chi connectivity index (χ4v) is 16.6. The second kappa shape index (κ2) is 41.1. The van der Waals surface area contributed by atoms with Crippen molar-refractivity contribution in [3.8, 4) is 90.6 Å². The van der Waals surface area contributed by atoms with Crippen LogP contribution in [0.1, 0.15) is 130 Å². The Morgan fingerprint density at radius 1 is 0.458 bits per heavy atom. The van der Waals surface area contributed by atoms with Gasteiger partial charge >= 0.3 is 12.1 Å². The number of halogens is 6. The van der Waals surface area contributed by atoms with Crippen molar-refractivity contribution in [1.29, 1.82) is 0 Å². The van der Waals surface area contributed by atoms with Crippen molar-refractivity contribution in [3.05, 3.63) is 247 Å². The third-order valence-electron chi connectivity index (χ3n) is 21.4. The molecule has 38 heteroatoms. The molecule has 0 atom stereocenters. The Kier molecular flexibility index (Phi) is 28.7. The number of sulfonamides is 1. The lowest BCUT2D eigenvalue weighted by molar-refractivity contribution is -0.115. The van der Waals surface area contributed by atoms with Gasteiger partial charge in [0.25, 0.3) is 0 Å². The van der Waals surface area contributed by atoms with Gasteiger partial charge in [-0.2, -0.15) is 0 Å². The van der Waals surface area contributed by atoms with Gasteiger partial charge in [0.05, 0.1) is 101 Å². The van der Waals surface area contributed by atoms with Crippen LogP contribution < -0.4 is 47.3 Å². The van der Waals surface area contributed by atoms with E-state index < -0.39 is 10.0 Å². The molecule has 674 valence electrons. The van der Waals surface area contributed by atoms with E-state index >= 15 is 0 Å². The van der Waals surface area contributed by atoms with E-state index in [1.807, 2.05) is 118 Å². The molecule has 6 aromatic carbocycles. The van der Waals surface area contributed by atoms with Gasteiger partial charge in [-0.1, -0.05) is 130 Å². The van der Waals surface area contributed by atoms with Crippen molar-refractivity contribution >= 4 is 133 Å². The maximum Gasteiger partial charge on any atom is 0.317 e. The number of hydrogen-bond donors (Lipinski definition) is 13. The van der Waals surface area contributed by atoms with E-state index in [2.05, 4.69) is 107 Å². The number of nitrogens with one attached hydrogen (secondary N) is 13. The summed E-state index contributed by atoms with van der Waals surface area (Å²) in [4.78, 5) is 107. The van der Waals surface area contributed by atoms with E-state index in [1.54, 1.807) is 104 Å². The lowest BCUT2D eigenvalue weighted by Gasteiger charge is -2.20. The molecule has 1 saturated heterocycles. The molecule has 0 radical (unpaired) electrons. The van der Waals surface area contributed by atoms with E-state index in [4.69, 9.17) is 89.5 Å². The number of H-pyrrole nitrogens is 4. The lowest BCUT2D eigenvalue weighted by atomic mass is 10.1. The molecule has 8 aromatic heterocycles. The van der Waals surface area contributed by atoms with Crippen LogP contribution in [0.5, 0.6) is 0 Å². The van der Waals surface area contributed by atoms with Crippen molar-refractivity contribution in [2.45, 2.75) is 114 Å². The van der Waals surface area contributed by atoms with Gasteiger partial charge < -0.3 is 67.4 Å². The predicted molar refractivity (Wildman–Crippen MR) is 517 cm³/mol. The smallest absolute Gasteiger partial charge is 0.317 e. The normalized spacial score (nSPS) is 14.0. The molecule has 0 spiro atoms. The van der Waals surface area contributed by atoms with E-state index in [0.717, 1.165) is 154 Å². The summed E-state index contributed by atoms with van der Waals surface area (Å²) in [5.74, 6) is 7.25. The van der Waals surface area contributed by atoms with Gasteiger partial charge in [-0.15, -0.1) is 0 Å². The van der Waals surface area contributed by atoms with Crippen LogP contribution in [0.4, 0.5) is 44.8 Å². The van der Waals surface area contributed by atoms with Crippen molar-refractivity contribution < 1.29 is 22.8 Å². The molecule has 31 nitrogen and oxygen atoms in total. The average molecular weight is 1900 g/mol. The first-order chi connectivity index (χ1) is 63.3. The molecule has 4 saturated carbocycles. The standard InChI is InChI=1S/C25H23ClN6O.C24H22Cl2N6O2S.C23H28ClN7O.C21H21Cl2N7O/c1-27-25-28-12-11-20(30-25)23-22(31-24(32-23)16-7-8-16)17-3-2-4-19(14-17)29-21(33)13-15-5-9-18(26)10-6-15;1-27-24-28-10-9-20(29-24)22-21(30-23(31-22)15-6-7-15)16-3-2-4-17(12-16)32-35(33,34)13-14-5-8-18(25)19(26)11-14;1-23(2,3)31-22(32)27-13-12-26-21-25-11-10-17(28-21)19-18(15-6-4-5-7-16(15)24)29-20(30-19)14-8-9-14;22-13-3-4-15(23)14(11-13)17-18(29-19(28-17)12-1-2-12)16-5-6-24-20(27-16)25-7-9-30-10-8-26-21(30)31/h2-6,9-12,14,16H,7-8,13H2,1H3,(H,29,33)(H,31,32)(H,27,28,30);2-5,8-12,15,32H,6-7,13H2,1H3,(H,30,31)(H,27,28,29);4-7,10-11,14H,8-9,12-13H2,1-3H3,(H,29,30)(H,25,26,28)(H2,27,31,32);3-6,11-12H,1-2,7-10H2,(H,26,31)(H,28,29)(H,24,25,27). The summed E-state index contributed by atoms with van der Waals surface area (Å²) in [6.07, 6.45) is 16.1. The monoisotopic (exact) mass is 1900 g/mol. The van der Waals surface area contributed by atoms with Crippen LogP contribution >= 0.6 is 69.6 Å².